The molecule has 3 aromatic heterocycles. The van der Waals surface area contributed by atoms with E-state index >= 15 is 0 Å². The number of hydrogen-bond acceptors (Lipinski definition) is 3. The number of aromatic nitrogens is 3. The highest BCUT2D eigenvalue weighted by Gasteiger charge is 2.30. The summed E-state index contributed by atoms with van der Waals surface area (Å²) in [5.74, 6) is -1.70. The van der Waals surface area contributed by atoms with Crippen LogP contribution in [0.5, 0.6) is 0 Å². The van der Waals surface area contributed by atoms with Crippen LogP contribution in [0.15, 0.2) is 17.8 Å². The number of aromatic amines is 3. The molecule has 0 aromatic carbocycles. The smallest absolute Gasteiger partial charge is 0.303 e. The average molecular weight is 569 g/mol. The molecule has 0 fully saturated rings. The number of aliphatic carboxylic acids is 2. The van der Waals surface area contributed by atoms with E-state index in [4.69, 9.17) is 0 Å². The van der Waals surface area contributed by atoms with Gasteiger partial charge in [0.05, 0.1) is 6.04 Å². The van der Waals surface area contributed by atoms with E-state index in [0.717, 1.165) is 72.7 Å². The minimum absolute atomic E-state index is 0.0163. The Hall–Kier alpha value is -4.46. The minimum atomic E-state index is -0.848. The summed E-state index contributed by atoms with van der Waals surface area (Å²) in [6.07, 6.45) is 12.2. The lowest BCUT2D eigenvalue weighted by atomic mass is 9.90. The van der Waals surface area contributed by atoms with Crippen LogP contribution in [0, 0.1) is 26.7 Å². The Morgan fingerprint density at radius 3 is 2.14 bits per heavy atom. The molecule has 8 bridgehead atoms. The van der Waals surface area contributed by atoms with E-state index in [2.05, 4.69) is 78.8 Å². The van der Waals surface area contributed by atoms with E-state index in [9.17, 15) is 19.8 Å². The van der Waals surface area contributed by atoms with Crippen molar-refractivity contribution in [2.45, 2.75) is 72.8 Å². The van der Waals surface area contributed by atoms with E-state index in [0.29, 0.717) is 12.8 Å². The van der Waals surface area contributed by atoms with Crippen LogP contribution in [0.25, 0.3) is 30.4 Å². The molecule has 1 unspecified atom stereocenters. The topological polar surface area (TPSA) is 134 Å². The van der Waals surface area contributed by atoms with Gasteiger partial charge in [0.25, 0.3) is 0 Å². The third-order valence-electron chi connectivity index (χ3n) is 9.03. The van der Waals surface area contributed by atoms with Crippen molar-refractivity contribution in [3.8, 4) is 0 Å². The summed E-state index contributed by atoms with van der Waals surface area (Å²) in [4.78, 5) is 34.0. The first-order valence-electron chi connectivity index (χ1n) is 14.6. The zero-order valence-corrected chi connectivity index (χ0v) is 25.0. The Bertz CT molecular complexity index is 1880. The number of rotatable bonds is 8. The molecule has 0 aliphatic carbocycles. The van der Waals surface area contributed by atoms with Crippen molar-refractivity contribution >= 4 is 42.3 Å². The van der Waals surface area contributed by atoms with Crippen molar-refractivity contribution < 1.29 is 19.8 Å². The molecule has 0 spiro atoms. The van der Waals surface area contributed by atoms with Gasteiger partial charge in [-0.3, -0.25) is 9.59 Å². The standard InChI is InChI=1S/C34H40N4O4/c1-7-21-17(3)25-13-26-19(5)23(9-11-33(39)40)31(37-26)16-32-24(10-12-34(41)42)20(6)28(38-32)15-30-22(8-2)18(4)27(36-30)14-29(21)35-25/h8,13-16,23,31,35-38H,2,7,9-12H2,1,3-6H3,(H,39,40)(H,41,42)/b25-13-,28-15-,29-14-,32-16-/t23-,31?/m1/s1. The summed E-state index contributed by atoms with van der Waals surface area (Å²) in [5, 5.41) is 26.5. The maximum atomic E-state index is 11.6. The van der Waals surface area contributed by atoms with Gasteiger partial charge in [-0.05, 0) is 105 Å². The fourth-order valence-corrected chi connectivity index (χ4v) is 6.56. The molecule has 2 aliphatic rings. The third kappa shape index (κ3) is 5.29. The Labute approximate surface area is 245 Å². The van der Waals surface area contributed by atoms with Crippen LogP contribution in [0.4, 0.5) is 0 Å². The summed E-state index contributed by atoms with van der Waals surface area (Å²) >= 11 is 0. The average Bonchev–Trinajstić information content (AvgIpc) is 3.59. The summed E-state index contributed by atoms with van der Waals surface area (Å²) in [5.41, 5.74) is 10.5. The molecular formula is C34H40N4O4. The number of carboxylic acids is 2. The van der Waals surface area contributed by atoms with E-state index in [-0.39, 0.29) is 24.8 Å². The molecule has 0 amide bonds. The third-order valence-corrected chi connectivity index (χ3v) is 9.03. The molecule has 2 atom stereocenters. The number of carboxylic acid groups (broad SMARTS) is 2. The van der Waals surface area contributed by atoms with Crippen molar-refractivity contribution in [3.05, 3.63) is 84.0 Å². The lowest BCUT2D eigenvalue weighted by Crippen LogP contribution is -2.30. The van der Waals surface area contributed by atoms with Crippen molar-refractivity contribution in [1.29, 1.82) is 0 Å². The molecule has 2 aliphatic heterocycles. The highest BCUT2D eigenvalue weighted by atomic mass is 16.4. The van der Waals surface area contributed by atoms with Gasteiger partial charge in [-0.25, -0.2) is 0 Å². The number of nitrogens with one attached hydrogen (secondary N) is 4. The minimum Gasteiger partial charge on any atom is -0.481 e. The van der Waals surface area contributed by atoms with Gasteiger partial charge >= 0.3 is 11.9 Å². The number of H-pyrrole nitrogens is 3. The van der Waals surface area contributed by atoms with E-state index in [1.165, 1.54) is 11.1 Å². The molecular weight excluding hydrogens is 528 g/mol. The van der Waals surface area contributed by atoms with Crippen molar-refractivity contribution in [3.63, 3.8) is 0 Å². The quantitative estimate of drug-likeness (QED) is 0.249. The van der Waals surface area contributed by atoms with Gasteiger partial charge in [0.2, 0.25) is 0 Å². The normalized spacial score (nSPS) is 20.8. The predicted molar refractivity (Wildman–Crippen MR) is 167 cm³/mol. The Morgan fingerprint density at radius 1 is 0.833 bits per heavy atom. The molecule has 5 heterocycles. The number of hydrogen-bond donors (Lipinski definition) is 6. The number of allylic oxidation sites excluding steroid dienone is 1. The van der Waals surface area contributed by atoms with E-state index in [1.807, 2.05) is 13.0 Å². The maximum absolute atomic E-state index is 11.6. The zero-order chi connectivity index (χ0) is 30.3. The second-order valence-corrected chi connectivity index (χ2v) is 11.5. The van der Waals surface area contributed by atoms with Gasteiger partial charge in [0.1, 0.15) is 0 Å². The van der Waals surface area contributed by atoms with E-state index < -0.39 is 11.9 Å². The second-order valence-electron chi connectivity index (χ2n) is 11.5. The van der Waals surface area contributed by atoms with Gasteiger partial charge in [-0.1, -0.05) is 19.6 Å². The molecule has 8 heteroatoms. The lowest BCUT2D eigenvalue weighted by Gasteiger charge is -2.18. The highest BCUT2D eigenvalue weighted by Crippen LogP contribution is 2.31. The number of fused-ring (bicyclic) bond motifs is 8. The molecule has 6 N–H and O–H groups in total. The first-order chi connectivity index (χ1) is 20.0. The Balaban J connectivity index is 1.85. The Kier molecular flexibility index (Phi) is 7.91. The molecule has 42 heavy (non-hydrogen) atoms. The lowest BCUT2D eigenvalue weighted by molar-refractivity contribution is -0.138. The summed E-state index contributed by atoms with van der Waals surface area (Å²) in [7, 11) is 0. The van der Waals surface area contributed by atoms with Gasteiger partial charge < -0.3 is 30.5 Å². The summed E-state index contributed by atoms with van der Waals surface area (Å²) in [6, 6.07) is -0.159. The van der Waals surface area contributed by atoms with Crippen LogP contribution in [0.3, 0.4) is 0 Å². The van der Waals surface area contributed by atoms with Gasteiger partial charge in [-0.15, -0.1) is 0 Å². The zero-order valence-electron chi connectivity index (χ0n) is 25.0. The first kappa shape index (κ1) is 29.0. The number of carbonyl (C=O) groups is 2. The summed E-state index contributed by atoms with van der Waals surface area (Å²) < 4.78 is 0. The van der Waals surface area contributed by atoms with Crippen LogP contribution < -0.4 is 26.7 Å². The van der Waals surface area contributed by atoms with Gasteiger partial charge in [0.15, 0.2) is 0 Å². The SMILES string of the molecule is C=Cc1c2[nH]c(c1C)/C=c1\[nH]/c(c(C)c1CC)=C\C1=C(C)[C@@H](CCC(=O)O)C(/C=c3\[nH]/c(c(C)c3CCC(=O)O)=C\2)N1. The second kappa shape index (κ2) is 11.4. The van der Waals surface area contributed by atoms with Crippen LogP contribution in [-0.2, 0) is 22.4 Å². The van der Waals surface area contributed by atoms with Crippen LogP contribution in [0.2, 0.25) is 0 Å². The predicted octanol–water partition coefficient (Wildman–Crippen LogP) is 2.78. The fourth-order valence-electron chi connectivity index (χ4n) is 6.56. The van der Waals surface area contributed by atoms with Crippen molar-refractivity contribution in [2.24, 2.45) is 5.92 Å². The molecule has 0 radical (unpaired) electrons. The van der Waals surface area contributed by atoms with Crippen LogP contribution in [0.1, 0.15) is 77.9 Å². The molecule has 0 saturated carbocycles. The van der Waals surface area contributed by atoms with Gasteiger partial charge in [-0.2, -0.15) is 0 Å². The highest BCUT2D eigenvalue weighted by molar-refractivity contribution is 5.71. The largest absolute Gasteiger partial charge is 0.481 e. The molecule has 3 aromatic rings. The molecule has 220 valence electrons. The van der Waals surface area contributed by atoms with Crippen LogP contribution >= 0.6 is 0 Å². The molecule has 8 nitrogen and oxygen atoms in total. The fraction of sp³-hybridized carbons (Fsp3) is 0.353. The molecule has 5 rings (SSSR count). The molecule has 0 saturated heterocycles. The van der Waals surface area contributed by atoms with Crippen LogP contribution in [-0.4, -0.2) is 43.1 Å². The van der Waals surface area contributed by atoms with Crippen molar-refractivity contribution in [2.75, 3.05) is 0 Å². The van der Waals surface area contributed by atoms with Crippen molar-refractivity contribution in [1.82, 2.24) is 20.3 Å². The Morgan fingerprint density at radius 2 is 1.48 bits per heavy atom. The summed E-state index contributed by atoms with van der Waals surface area (Å²) in [6.45, 7) is 14.6. The van der Waals surface area contributed by atoms with E-state index in [1.54, 1.807) is 0 Å². The first-order valence-corrected chi connectivity index (χ1v) is 14.6. The van der Waals surface area contributed by atoms with Gasteiger partial charge in [0, 0.05) is 62.8 Å². The monoisotopic (exact) mass is 568 g/mol. The maximum Gasteiger partial charge on any atom is 0.303 e.